The van der Waals surface area contributed by atoms with Gasteiger partial charge in [0.2, 0.25) is 0 Å². The van der Waals surface area contributed by atoms with Gasteiger partial charge >= 0.3 is 0 Å². The zero-order valence-electron chi connectivity index (χ0n) is 19.6. The summed E-state index contributed by atoms with van der Waals surface area (Å²) in [5.74, 6) is 0.551. The average Bonchev–Trinajstić information content (AvgIpc) is 3.55. The Balaban J connectivity index is 1.37. The van der Waals surface area contributed by atoms with Crippen LogP contribution in [-0.4, -0.2) is 26.1 Å². The Hall–Kier alpha value is -3.90. The number of aromatic nitrogens is 3. The number of fused-ring (bicyclic) bond motifs is 3. The summed E-state index contributed by atoms with van der Waals surface area (Å²) in [5.41, 5.74) is 2.78. The van der Waals surface area contributed by atoms with Gasteiger partial charge in [-0.2, -0.15) is 0 Å². The number of hydrogen-bond acceptors (Lipinski definition) is 5. The van der Waals surface area contributed by atoms with Gasteiger partial charge in [-0.05, 0) is 54.0 Å². The van der Waals surface area contributed by atoms with Gasteiger partial charge in [0.15, 0.2) is 22.0 Å². The highest BCUT2D eigenvalue weighted by molar-refractivity contribution is 7.18. The van der Waals surface area contributed by atoms with Crippen LogP contribution in [0.1, 0.15) is 69.6 Å². The molecule has 2 heterocycles. The lowest BCUT2D eigenvalue weighted by Gasteiger charge is -2.18. The lowest BCUT2D eigenvalue weighted by atomic mass is 9.90. The molecule has 0 N–H and O–H groups in total. The minimum Gasteiger partial charge on any atom is -0.288 e. The van der Waals surface area contributed by atoms with Gasteiger partial charge < -0.3 is 0 Å². The zero-order valence-corrected chi connectivity index (χ0v) is 20.4. The summed E-state index contributed by atoms with van der Waals surface area (Å²) in [4.78, 5) is 37.5. The third-order valence-electron chi connectivity index (χ3n) is 7.37. The van der Waals surface area contributed by atoms with E-state index in [-0.39, 0.29) is 17.1 Å². The molecule has 5 aromatic rings. The molecule has 0 unspecified atom stereocenters. The maximum absolute atomic E-state index is 13.4. The van der Waals surface area contributed by atoms with Gasteiger partial charge in [-0.25, -0.2) is 9.97 Å². The van der Waals surface area contributed by atoms with Crippen LogP contribution in [0.25, 0.3) is 33.0 Å². The van der Waals surface area contributed by atoms with Crippen LogP contribution in [0, 0.1) is 0 Å². The number of Topliss-reactive ketones (excluding diaryl/α,β-unsaturated/α-hetero) is 2. The van der Waals surface area contributed by atoms with Crippen LogP contribution in [0.5, 0.6) is 0 Å². The van der Waals surface area contributed by atoms with Crippen molar-refractivity contribution in [3.63, 3.8) is 0 Å². The number of carbonyl (C=O) groups is 2. The highest BCUT2D eigenvalue weighted by Gasteiger charge is 2.34. The van der Waals surface area contributed by atoms with Gasteiger partial charge in [-0.3, -0.25) is 14.2 Å². The molecule has 0 atom stereocenters. The summed E-state index contributed by atoms with van der Waals surface area (Å²) in [6.45, 7) is 0. The average molecular weight is 490 g/mol. The number of hydrogen-bond donors (Lipinski definition) is 0. The second-order valence-corrected chi connectivity index (χ2v) is 10.6. The SMILES string of the molecule is O=C1C(=Cc2nc3sc(C4CCCCC4)nc3n2-c2ccccc2)C(=O)c2cc3ccccc3cc21. The quantitative estimate of drug-likeness (QED) is 0.199. The van der Waals surface area contributed by atoms with Crippen LogP contribution in [0.3, 0.4) is 0 Å². The maximum atomic E-state index is 13.4. The van der Waals surface area contributed by atoms with Crippen molar-refractivity contribution in [3.05, 3.63) is 94.3 Å². The first-order valence-electron chi connectivity index (χ1n) is 12.5. The molecule has 0 spiro atoms. The van der Waals surface area contributed by atoms with E-state index in [9.17, 15) is 9.59 Å². The molecule has 1 fully saturated rings. The number of thiazole rings is 1. The number of nitrogens with zero attached hydrogens (tertiary/aromatic N) is 3. The smallest absolute Gasteiger partial charge is 0.197 e. The molecule has 0 amide bonds. The van der Waals surface area contributed by atoms with E-state index >= 15 is 0 Å². The predicted octanol–water partition coefficient (Wildman–Crippen LogP) is 7.15. The van der Waals surface area contributed by atoms with E-state index < -0.39 is 0 Å². The van der Waals surface area contributed by atoms with Crippen molar-refractivity contribution >= 4 is 50.2 Å². The van der Waals surface area contributed by atoms with E-state index in [4.69, 9.17) is 9.97 Å². The molecule has 0 bridgehead atoms. The second-order valence-electron chi connectivity index (χ2n) is 9.62. The van der Waals surface area contributed by atoms with Crippen molar-refractivity contribution in [2.24, 2.45) is 0 Å². The molecule has 36 heavy (non-hydrogen) atoms. The van der Waals surface area contributed by atoms with E-state index in [2.05, 4.69) is 0 Å². The number of carbonyl (C=O) groups excluding carboxylic acids is 2. The van der Waals surface area contributed by atoms with Crippen LogP contribution in [0.2, 0.25) is 0 Å². The van der Waals surface area contributed by atoms with E-state index in [1.807, 2.05) is 71.3 Å². The Morgan fingerprint density at radius 3 is 2.11 bits per heavy atom. The molecular formula is C30H23N3O2S. The monoisotopic (exact) mass is 489 g/mol. The van der Waals surface area contributed by atoms with Gasteiger partial charge in [-0.15, -0.1) is 0 Å². The Morgan fingerprint density at radius 1 is 0.806 bits per heavy atom. The van der Waals surface area contributed by atoms with E-state index in [1.165, 1.54) is 32.1 Å². The molecule has 2 aliphatic carbocycles. The molecule has 6 heteroatoms. The van der Waals surface area contributed by atoms with Crippen molar-refractivity contribution in [3.8, 4) is 5.69 Å². The van der Waals surface area contributed by atoms with Crippen molar-refractivity contribution in [2.45, 2.75) is 38.0 Å². The topological polar surface area (TPSA) is 64.8 Å². The lowest BCUT2D eigenvalue weighted by Crippen LogP contribution is -2.06. The first kappa shape index (κ1) is 21.4. The standard InChI is InChI=1S/C30H23N3O2S/c34-26-22-15-19-11-7-8-12-20(19)16-23(22)27(35)24(26)17-25-31-30-28(33(25)21-13-5-2-6-14-21)32-29(36-30)18-9-3-1-4-10-18/h2,5-8,11-18H,1,3-4,9-10H2. The minimum atomic E-state index is -0.248. The molecule has 0 aliphatic heterocycles. The van der Waals surface area contributed by atoms with Crippen LogP contribution in [0.4, 0.5) is 0 Å². The molecular weight excluding hydrogens is 466 g/mol. The summed E-state index contributed by atoms with van der Waals surface area (Å²) in [6.07, 6.45) is 7.79. The Bertz CT molecular complexity index is 1650. The van der Waals surface area contributed by atoms with Gasteiger partial charge in [-0.1, -0.05) is 73.1 Å². The highest BCUT2D eigenvalue weighted by atomic mass is 32.1. The van der Waals surface area contributed by atoms with Crippen molar-refractivity contribution in [2.75, 3.05) is 0 Å². The normalized spacial score (nSPS) is 16.3. The number of benzene rings is 3. The molecule has 7 rings (SSSR count). The van der Waals surface area contributed by atoms with Crippen molar-refractivity contribution in [1.29, 1.82) is 0 Å². The third kappa shape index (κ3) is 3.36. The van der Waals surface area contributed by atoms with Crippen LogP contribution in [-0.2, 0) is 0 Å². The summed E-state index contributed by atoms with van der Waals surface area (Å²) in [5, 5.41) is 3.04. The fourth-order valence-corrected chi connectivity index (χ4v) is 6.62. The Kier molecular flexibility index (Phi) is 4.96. The molecule has 2 aromatic heterocycles. The predicted molar refractivity (Wildman–Crippen MR) is 143 cm³/mol. The van der Waals surface area contributed by atoms with Crippen LogP contribution < -0.4 is 0 Å². The fourth-order valence-electron chi connectivity index (χ4n) is 5.52. The fraction of sp³-hybridized carbons (Fsp3) is 0.200. The second kappa shape index (κ2) is 8.35. The Morgan fingerprint density at radius 2 is 1.44 bits per heavy atom. The van der Waals surface area contributed by atoms with Gasteiger partial charge in [0.05, 0.1) is 5.57 Å². The van der Waals surface area contributed by atoms with E-state index in [0.29, 0.717) is 22.9 Å². The molecule has 2 aliphatic rings. The number of imidazole rings is 1. The third-order valence-corrected chi connectivity index (χ3v) is 8.47. The van der Waals surface area contributed by atoms with Crippen molar-refractivity contribution < 1.29 is 9.59 Å². The molecule has 0 saturated heterocycles. The maximum Gasteiger partial charge on any atom is 0.197 e. The van der Waals surface area contributed by atoms with Crippen molar-refractivity contribution in [1.82, 2.24) is 14.5 Å². The molecule has 3 aromatic carbocycles. The van der Waals surface area contributed by atoms with Crippen LogP contribution >= 0.6 is 11.3 Å². The number of rotatable bonds is 3. The van der Waals surface area contributed by atoms with Gasteiger partial charge in [0.1, 0.15) is 10.8 Å². The summed E-state index contributed by atoms with van der Waals surface area (Å²) in [7, 11) is 0. The molecule has 0 radical (unpaired) electrons. The summed E-state index contributed by atoms with van der Waals surface area (Å²) in [6, 6.07) is 21.4. The number of ketones is 2. The number of para-hydroxylation sites is 1. The largest absolute Gasteiger partial charge is 0.288 e. The van der Waals surface area contributed by atoms with Gasteiger partial charge in [0.25, 0.3) is 0 Å². The van der Waals surface area contributed by atoms with E-state index in [0.717, 1.165) is 31.9 Å². The lowest BCUT2D eigenvalue weighted by molar-refractivity contribution is 0.0990. The Labute approximate surface area is 212 Å². The molecule has 1 saturated carbocycles. The van der Waals surface area contributed by atoms with E-state index in [1.54, 1.807) is 17.4 Å². The summed E-state index contributed by atoms with van der Waals surface area (Å²) >= 11 is 1.64. The highest BCUT2D eigenvalue weighted by Crippen LogP contribution is 2.38. The van der Waals surface area contributed by atoms with Gasteiger partial charge in [0, 0.05) is 22.7 Å². The molecule has 5 nitrogen and oxygen atoms in total. The minimum absolute atomic E-state index is 0.155. The summed E-state index contributed by atoms with van der Waals surface area (Å²) < 4.78 is 1.98. The molecule has 176 valence electrons. The zero-order chi connectivity index (χ0) is 24.2. The number of allylic oxidation sites excluding steroid dienone is 1. The van der Waals surface area contributed by atoms with Crippen LogP contribution in [0.15, 0.2) is 72.3 Å². The first-order chi connectivity index (χ1) is 17.7. The first-order valence-corrected chi connectivity index (χ1v) is 13.3.